The van der Waals surface area contributed by atoms with Crippen molar-refractivity contribution < 1.29 is 33.2 Å². The first-order valence-electron chi connectivity index (χ1n) is 28.5. The average molecular weight is 930 g/mol. The van der Waals surface area contributed by atoms with Crippen molar-refractivity contribution in [3.63, 3.8) is 0 Å². The second-order valence-electron chi connectivity index (χ2n) is 19.1. The van der Waals surface area contributed by atoms with Crippen LogP contribution in [-0.2, 0) is 33.2 Å². The molecule has 0 spiro atoms. The third-order valence-electron chi connectivity index (χ3n) is 11.9. The molecule has 0 aliphatic rings. The number of rotatable bonds is 53. The van der Waals surface area contributed by atoms with Gasteiger partial charge < -0.3 is 38.6 Å². The lowest BCUT2D eigenvalue weighted by molar-refractivity contribution is -0.150. The first-order valence-corrected chi connectivity index (χ1v) is 28.5. The maximum atomic E-state index is 12.9. The first-order chi connectivity index (χ1) is 31.9. The molecule has 0 saturated heterocycles. The largest absolute Gasteiger partial charge is 0.464 e. The SMILES string of the molecule is CCCCC.CCCCCCCCOC(CCCCOCC(COC(=O)CCCCC(OCCCCCCCC)OCCCCCCCC)NCCCN(C)C)OCCCCCCCC. The van der Waals surface area contributed by atoms with Crippen molar-refractivity contribution in [2.24, 2.45) is 0 Å². The predicted molar refractivity (Wildman–Crippen MR) is 279 cm³/mol. The van der Waals surface area contributed by atoms with Crippen LogP contribution in [0.2, 0.25) is 0 Å². The minimum Gasteiger partial charge on any atom is -0.464 e. The highest BCUT2D eigenvalue weighted by Gasteiger charge is 2.15. The molecule has 0 aromatic carbocycles. The molecule has 9 nitrogen and oxygen atoms in total. The number of carbonyl (C=O) groups excluding carboxylic acids is 1. The van der Waals surface area contributed by atoms with Gasteiger partial charge >= 0.3 is 5.97 Å². The minimum absolute atomic E-state index is 0.0275. The van der Waals surface area contributed by atoms with Gasteiger partial charge in [-0.25, -0.2) is 0 Å². The monoisotopic (exact) mass is 929 g/mol. The third-order valence-corrected chi connectivity index (χ3v) is 11.9. The fraction of sp³-hybridized carbons (Fsp3) is 0.982. The number of nitrogens with one attached hydrogen (secondary N) is 1. The molecular weight excluding hydrogens is 813 g/mol. The molecule has 0 aromatic heterocycles. The van der Waals surface area contributed by atoms with Gasteiger partial charge in [0.25, 0.3) is 0 Å². The summed E-state index contributed by atoms with van der Waals surface area (Å²) >= 11 is 0. The van der Waals surface area contributed by atoms with E-state index in [0.29, 0.717) is 26.2 Å². The average Bonchev–Trinajstić information content (AvgIpc) is 3.30. The van der Waals surface area contributed by atoms with Gasteiger partial charge in [-0.2, -0.15) is 0 Å². The van der Waals surface area contributed by atoms with Gasteiger partial charge in [-0.1, -0.05) is 189 Å². The van der Waals surface area contributed by atoms with E-state index < -0.39 is 0 Å². The molecule has 1 N–H and O–H groups in total. The quantitative estimate of drug-likeness (QED) is 0.0364. The molecule has 9 heteroatoms. The molecule has 0 saturated carbocycles. The van der Waals surface area contributed by atoms with Gasteiger partial charge in [0.1, 0.15) is 6.61 Å². The lowest BCUT2D eigenvalue weighted by atomic mass is 10.1. The van der Waals surface area contributed by atoms with E-state index in [1.165, 1.54) is 148 Å². The Labute approximate surface area is 406 Å². The number of unbranched alkanes of at least 4 members (excludes halogenated alkanes) is 24. The number of hydrogen-bond acceptors (Lipinski definition) is 9. The van der Waals surface area contributed by atoms with E-state index in [-0.39, 0.29) is 24.6 Å². The molecular formula is C56H116N2O7. The van der Waals surface area contributed by atoms with Crippen LogP contribution in [0.1, 0.15) is 266 Å². The van der Waals surface area contributed by atoms with E-state index in [0.717, 1.165) is 110 Å². The Balaban J connectivity index is 0. The van der Waals surface area contributed by atoms with Gasteiger partial charge in [0.15, 0.2) is 12.6 Å². The van der Waals surface area contributed by atoms with Crippen molar-refractivity contribution in [1.82, 2.24) is 10.2 Å². The molecule has 0 bridgehead atoms. The Morgan fingerprint density at radius 3 is 1.17 bits per heavy atom. The van der Waals surface area contributed by atoms with Crippen LogP contribution in [-0.4, -0.2) is 103 Å². The lowest BCUT2D eigenvalue weighted by Crippen LogP contribution is -2.39. The van der Waals surface area contributed by atoms with E-state index in [2.05, 4.69) is 65.9 Å². The molecule has 0 aromatic rings. The topological polar surface area (TPSA) is 87.7 Å². The van der Waals surface area contributed by atoms with Crippen LogP contribution in [0.5, 0.6) is 0 Å². The van der Waals surface area contributed by atoms with Gasteiger partial charge in [-0.15, -0.1) is 0 Å². The maximum Gasteiger partial charge on any atom is 0.305 e. The Hall–Kier alpha value is -0.810. The Bertz CT molecular complexity index is 844. The summed E-state index contributed by atoms with van der Waals surface area (Å²) < 4.78 is 36.9. The first kappa shape index (κ1) is 66.3. The predicted octanol–water partition coefficient (Wildman–Crippen LogP) is 15.5. The number of hydrogen-bond donors (Lipinski definition) is 1. The van der Waals surface area contributed by atoms with Gasteiger partial charge in [0.05, 0.1) is 12.6 Å². The van der Waals surface area contributed by atoms with Crippen molar-refractivity contribution in [2.45, 2.75) is 285 Å². The van der Waals surface area contributed by atoms with Crippen LogP contribution in [0, 0.1) is 0 Å². The summed E-state index contributed by atoms with van der Waals surface area (Å²) in [6.07, 6.45) is 40.7. The lowest BCUT2D eigenvalue weighted by Gasteiger charge is -2.21. The van der Waals surface area contributed by atoms with Crippen molar-refractivity contribution >= 4 is 5.97 Å². The number of nitrogens with zero attached hydrogens (tertiary/aromatic N) is 1. The molecule has 65 heavy (non-hydrogen) atoms. The number of carbonyl (C=O) groups is 1. The molecule has 1 unspecified atom stereocenters. The highest BCUT2D eigenvalue weighted by molar-refractivity contribution is 5.69. The summed E-state index contributed by atoms with van der Waals surface area (Å²) in [5.41, 5.74) is 0. The van der Waals surface area contributed by atoms with Crippen LogP contribution in [0.4, 0.5) is 0 Å². The fourth-order valence-electron chi connectivity index (χ4n) is 7.63. The smallest absolute Gasteiger partial charge is 0.305 e. The Morgan fingerprint density at radius 1 is 0.415 bits per heavy atom. The zero-order chi connectivity index (χ0) is 47.9. The van der Waals surface area contributed by atoms with Gasteiger partial charge in [-0.3, -0.25) is 4.79 Å². The molecule has 392 valence electrons. The normalized spacial score (nSPS) is 12.1. The van der Waals surface area contributed by atoms with E-state index in [9.17, 15) is 4.79 Å². The van der Waals surface area contributed by atoms with Crippen molar-refractivity contribution in [3.8, 4) is 0 Å². The number of ether oxygens (including phenoxy) is 6. The highest BCUT2D eigenvalue weighted by Crippen LogP contribution is 2.15. The zero-order valence-electron chi connectivity index (χ0n) is 45.1. The van der Waals surface area contributed by atoms with Crippen LogP contribution in [0.3, 0.4) is 0 Å². The highest BCUT2D eigenvalue weighted by atomic mass is 16.7. The van der Waals surface area contributed by atoms with E-state index in [4.69, 9.17) is 28.4 Å². The van der Waals surface area contributed by atoms with Crippen LogP contribution in [0.25, 0.3) is 0 Å². The molecule has 0 heterocycles. The Kier molecular flexibility index (Phi) is 58.6. The second-order valence-corrected chi connectivity index (χ2v) is 19.1. The summed E-state index contributed by atoms with van der Waals surface area (Å²) in [5, 5.41) is 3.59. The van der Waals surface area contributed by atoms with Gasteiger partial charge in [0.2, 0.25) is 0 Å². The molecule has 0 fully saturated rings. The Morgan fingerprint density at radius 2 is 0.785 bits per heavy atom. The van der Waals surface area contributed by atoms with E-state index >= 15 is 0 Å². The van der Waals surface area contributed by atoms with Crippen molar-refractivity contribution in [3.05, 3.63) is 0 Å². The number of esters is 1. The summed E-state index contributed by atoms with van der Waals surface area (Å²) in [4.78, 5) is 15.0. The summed E-state index contributed by atoms with van der Waals surface area (Å²) in [7, 11) is 4.19. The van der Waals surface area contributed by atoms with Gasteiger partial charge in [-0.05, 0) is 97.8 Å². The van der Waals surface area contributed by atoms with Crippen molar-refractivity contribution in [2.75, 3.05) is 73.4 Å². The third kappa shape index (κ3) is 55.7. The summed E-state index contributed by atoms with van der Waals surface area (Å²) in [6.45, 7) is 19.9. The molecule has 0 amide bonds. The molecule has 0 rings (SSSR count). The van der Waals surface area contributed by atoms with Gasteiger partial charge in [0, 0.05) is 39.5 Å². The second kappa shape index (κ2) is 57.5. The standard InChI is InChI=1S/C51H104N2O7.C5H12/c1-7-11-15-19-23-30-42-56-50(57-43-31-24-20-16-12-8-2)37-28-27-36-49(54)60-47-48(52-39-35-40-53(5)6)46-55-41-34-29-38-51(58-44-32-25-21-17-13-9-3)59-45-33-26-22-18-14-10-4;1-3-5-4-2/h48,50-52H,7-47H2,1-6H3;3-5H2,1-2H3. The molecule has 0 aliphatic carbocycles. The minimum atomic E-state index is -0.179. The van der Waals surface area contributed by atoms with E-state index in [1.807, 2.05) is 0 Å². The van der Waals surface area contributed by atoms with Crippen molar-refractivity contribution in [1.29, 1.82) is 0 Å². The zero-order valence-corrected chi connectivity index (χ0v) is 45.1. The fourth-order valence-corrected chi connectivity index (χ4v) is 7.63. The van der Waals surface area contributed by atoms with E-state index in [1.54, 1.807) is 0 Å². The molecule has 0 radical (unpaired) electrons. The summed E-state index contributed by atoms with van der Waals surface area (Å²) in [5.74, 6) is -0.138. The van der Waals surface area contributed by atoms with Crippen LogP contribution in [0.15, 0.2) is 0 Å². The molecule has 1 atom stereocenters. The maximum absolute atomic E-state index is 12.9. The molecule has 0 aliphatic heterocycles. The summed E-state index contributed by atoms with van der Waals surface area (Å²) in [6, 6.07) is -0.0275. The van der Waals surface area contributed by atoms with Crippen LogP contribution < -0.4 is 5.32 Å². The van der Waals surface area contributed by atoms with Crippen LogP contribution >= 0.6 is 0 Å².